The van der Waals surface area contributed by atoms with Crippen molar-refractivity contribution in [1.82, 2.24) is 9.47 Å². The second kappa shape index (κ2) is 7.05. The maximum Gasteiger partial charge on any atom is 0.305 e. The molecule has 2 aromatic rings. The Hall–Kier alpha value is -2.34. The molecule has 3 rings (SSSR count). The predicted octanol–water partition coefficient (Wildman–Crippen LogP) is 2.27. The summed E-state index contributed by atoms with van der Waals surface area (Å²) in [6.45, 7) is 1.34. The lowest BCUT2D eigenvalue weighted by molar-refractivity contribution is -0.137. The largest absolute Gasteiger partial charge is 0.481 e. The highest BCUT2D eigenvalue weighted by molar-refractivity contribution is 6.06. The molecule has 0 aliphatic carbocycles. The summed E-state index contributed by atoms with van der Waals surface area (Å²) in [7, 11) is 1.94. The summed E-state index contributed by atoms with van der Waals surface area (Å²) < 4.78 is 7.59. The number of ether oxygens (including phenoxy) is 1. The number of hydrogen-bond donors (Lipinski definition) is 1. The molecule has 0 bridgehead atoms. The fourth-order valence-electron chi connectivity index (χ4n) is 3.20. The van der Waals surface area contributed by atoms with Gasteiger partial charge in [-0.15, -0.1) is 0 Å². The maximum absolute atomic E-state index is 13.0. The first-order valence-electron chi connectivity index (χ1n) is 8.23. The molecule has 1 fully saturated rings. The molecule has 1 aliphatic rings. The summed E-state index contributed by atoms with van der Waals surface area (Å²) >= 11 is 0. The van der Waals surface area contributed by atoms with Gasteiger partial charge in [0.15, 0.2) is 0 Å². The average molecular weight is 330 g/mol. The van der Waals surface area contributed by atoms with Crippen LogP contribution in [0.3, 0.4) is 0 Å². The van der Waals surface area contributed by atoms with Gasteiger partial charge in [0.25, 0.3) is 5.91 Å². The van der Waals surface area contributed by atoms with Gasteiger partial charge in [-0.2, -0.15) is 0 Å². The van der Waals surface area contributed by atoms with Crippen molar-refractivity contribution in [2.75, 3.05) is 19.7 Å². The van der Waals surface area contributed by atoms with Crippen LogP contribution >= 0.6 is 0 Å². The summed E-state index contributed by atoms with van der Waals surface area (Å²) in [5.41, 5.74) is 1.59. The topological polar surface area (TPSA) is 71.8 Å². The van der Waals surface area contributed by atoms with Crippen LogP contribution in [-0.2, 0) is 16.6 Å². The van der Waals surface area contributed by atoms with E-state index >= 15 is 0 Å². The average Bonchev–Trinajstić information content (AvgIpc) is 3.20. The van der Waals surface area contributed by atoms with Gasteiger partial charge < -0.3 is 19.3 Å². The Labute approximate surface area is 140 Å². The van der Waals surface area contributed by atoms with Crippen LogP contribution in [0, 0.1) is 0 Å². The van der Waals surface area contributed by atoms with Crippen LogP contribution in [0.1, 0.15) is 29.6 Å². The number of amides is 1. The summed E-state index contributed by atoms with van der Waals surface area (Å²) in [6.07, 6.45) is 3.75. The number of carbonyl (C=O) groups is 2. The Morgan fingerprint density at radius 3 is 2.92 bits per heavy atom. The standard InChI is InChI=1S/C18H22N2O4/c1-19-9-7-14-15(5-2-6-16(14)19)18(23)20(10-8-17(21)22)12-13-4-3-11-24-13/h2,5-7,9,13H,3-4,8,10-12H2,1H3,(H,21,22). The van der Waals surface area contributed by atoms with Crippen molar-refractivity contribution < 1.29 is 19.4 Å². The molecule has 2 heterocycles. The maximum atomic E-state index is 13.0. The van der Waals surface area contributed by atoms with Crippen LogP contribution in [0.5, 0.6) is 0 Å². The predicted molar refractivity (Wildman–Crippen MR) is 90.0 cm³/mol. The minimum Gasteiger partial charge on any atom is -0.481 e. The van der Waals surface area contributed by atoms with Crippen molar-refractivity contribution in [3.05, 3.63) is 36.0 Å². The summed E-state index contributed by atoms with van der Waals surface area (Å²) in [5.74, 6) is -1.04. The van der Waals surface area contributed by atoms with Crippen LogP contribution in [0.15, 0.2) is 30.5 Å². The molecule has 1 unspecified atom stereocenters. The molecule has 0 spiro atoms. The monoisotopic (exact) mass is 330 g/mol. The molecule has 0 radical (unpaired) electrons. The van der Waals surface area contributed by atoms with Crippen LogP contribution in [0.25, 0.3) is 10.9 Å². The second-order valence-corrected chi connectivity index (χ2v) is 6.19. The zero-order valence-corrected chi connectivity index (χ0v) is 13.8. The molecule has 0 saturated carbocycles. The Morgan fingerprint density at radius 1 is 1.38 bits per heavy atom. The first-order valence-corrected chi connectivity index (χ1v) is 8.23. The van der Waals surface area contributed by atoms with Crippen molar-refractivity contribution in [3.63, 3.8) is 0 Å². The molecule has 1 atom stereocenters. The van der Waals surface area contributed by atoms with E-state index in [-0.39, 0.29) is 25.0 Å². The van der Waals surface area contributed by atoms with Crippen LogP contribution in [0.4, 0.5) is 0 Å². The van der Waals surface area contributed by atoms with Gasteiger partial charge in [0, 0.05) is 49.4 Å². The molecule has 1 aromatic heterocycles. The molecule has 1 N–H and O–H groups in total. The quantitative estimate of drug-likeness (QED) is 0.882. The number of rotatable bonds is 6. The van der Waals surface area contributed by atoms with E-state index in [1.54, 1.807) is 11.0 Å². The van der Waals surface area contributed by atoms with E-state index in [2.05, 4.69) is 0 Å². The Bertz CT molecular complexity index is 747. The number of fused-ring (bicyclic) bond motifs is 1. The molecule has 6 nitrogen and oxygen atoms in total. The third-order valence-electron chi connectivity index (χ3n) is 4.49. The van der Waals surface area contributed by atoms with Gasteiger partial charge in [0.05, 0.1) is 12.5 Å². The van der Waals surface area contributed by atoms with E-state index < -0.39 is 5.97 Å². The highest BCUT2D eigenvalue weighted by Gasteiger charge is 2.25. The highest BCUT2D eigenvalue weighted by Crippen LogP contribution is 2.22. The van der Waals surface area contributed by atoms with E-state index in [1.807, 2.05) is 36.0 Å². The van der Waals surface area contributed by atoms with Crippen molar-refractivity contribution in [3.8, 4) is 0 Å². The van der Waals surface area contributed by atoms with Crippen LogP contribution in [-0.4, -0.2) is 52.3 Å². The number of carbonyl (C=O) groups excluding carboxylic acids is 1. The zero-order chi connectivity index (χ0) is 17.1. The van der Waals surface area contributed by atoms with Crippen LogP contribution < -0.4 is 0 Å². The van der Waals surface area contributed by atoms with Gasteiger partial charge in [-0.3, -0.25) is 9.59 Å². The number of nitrogens with zero attached hydrogens (tertiary/aromatic N) is 2. The molecule has 24 heavy (non-hydrogen) atoms. The third-order valence-corrected chi connectivity index (χ3v) is 4.49. The van der Waals surface area contributed by atoms with E-state index in [9.17, 15) is 9.59 Å². The molecule has 1 saturated heterocycles. The summed E-state index contributed by atoms with van der Waals surface area (Å²) in [4.78, 5) is 25.6. The van der Waals surface area contributed by atoms with E-state index in [1.165, 1.54) is 0 Å². The van der Waals surface area contributed by atoms with Gasteiger partial charge in [0.2, 0.25) is 0 Å². The number of benzene rings is 1. The molecule has 1 amide bonds. The zero-order valence-electron chi connectivity index (χ0n) is 13.8. The number of hydrogen-bond acceptors (Lipinski definition) is 3. The third kappa shape index (κ3) is 3.43. The van der Waals surface area contributed by atoms with Gasteiger partial charge in [0.1, 0.15) is 0 Å². The SMILES string of the molecule is Cn1ccc2c(C(=O)N(CCC(=O)O)CC3CCCO3)cccc21. The van der Waals surface area contributed by atoms with Gasteiger partial charge in [-0.25, -0.2) is 0 Å². The van der Waals surface area contributed by atoms with Crippen LogP contribution in [0.2, 0.25) is 0 Å². The smallest absolute Gasteiger partial charge is 0.305 e. The van der Waals surface area contributed by atoms with Gasteiger partial charge in [-0.05, 0) is 31.0 Å². The molecule has 1 aliphatic heterocycles. The number of carboxylic acids is 1. The van der Waals surface area contributed by atoms with E-state index in [4.69, 9.17) is 9.84 Å². The normalized spacial score (nSPS) is 17.3. The minimum atomic E-state index is -0.905. The minimum absolute atomic E-state index is 0.00211. The number of carboxylic acid groups (broad SMARTS) is 1. The first-order chi connectivity index (χ1) is 11.6. The lowest BCUT2D eigenvalue weighted by atomic mass is 10.1. The molecule has 6 heteroatoms. The number of aliphatic carboxylic acids is 1. The van der Waals surface area contributed by atoms with Crippen molar-refractivity contribution >= 4 is 22.8 Å². The second-order valence-electron chi connectivity index (χ2n) is 6.19. The fourth-order valence-corrected chi connectivity index (χ4v) is 3.20. The van der Waals surface area contributed by atoms with Crippen molar-refractivity contribution in [1.29, 1.82) is 0 Å². The summed E-state index contributed by atoms with van der Waals surface area (Å²) in [6, 6.07) is 7.54. The lowest BCUT2D eigenvalue weighted by Gasteiger charge is -2.25. The highest BCUT2D eigenvalue weighted by atomic mass is 16.5. The molecular formula is C18H22N2O4. The Morgan fingerprint density at radius 2 is 2.21 bits per heavy atom. The number of aryl methyl sites for hydroxylation is 1. The van der Waals surface area contributed by atoms with E-state index in [0.29, 0.717) is 18.7 Å². The van der Waals surface area contributed by atoms with Crippen molar-refractivity contribution in [2.24, 2.45) is 7.05 Å². The van der Waals surface area contributed by atoms with E-state index in [0.717, 1.165) is 23.7 Å². The summed E-state index contributed by atoms with van der Waals surface area (Å²) in [5, 5.41) is 9.86. The molecule has 128 valence electrons. The Balaban J connectivity index is 1.86. The Kier molecular flexibility index (Phi) is 4.85. The first kappa shape index (κ1) is 16.5. The van der Waals surface area contributed by atoms with Gasteiger partial charge in [-0.1, -0.05) is 6.07 Å². The number of aromatic nitrogens is 1. The lowest BCUT2D eigenvalue weighted by Crippen LogP contribution is -2.38. The molecular weight excluding hydrogens is 308 g/mol. The molecule has 1 aromatic carbocycles. The van der Waals surface area contributed by atoms with Gasteiger partial charge >= 0.3 is 5.97 Å². The van der Waals surface area contributed by atoms with Crippen molar-refractivity contribution in [2.45, 2.75) is 25.4 Å². The fraction of sp³-hybridized carbons (Fsp3) is 0.444.